The Bertz CT molecular complexity index is 1010. The number of hydrogen-bond donors (Lipinski definition) is 2. The zero-order chi connectivity index (χ0) is 18.7. The maximum Gasteiger partial charge on any atom is 0.265 e. The molecule has 0 radical (unpaired) electrons. The van der Waals surface area contributed by atoms with Gasteiger partial charge in [-0.3, -0.25) is 4.79 Å². The minimum atomic E-state index is -3.70. The van der Waals surface area contributed by atoms with Crippen LogP contribution >= 0.6 is 0 Å². The monoisotopic (exact) mass is 373 g/mol. The van der Waals surface area contributed by atoms with Crippen molar-refractivity contribution in [3.05, 3.63) is 66.2 Å². The molecule has 0 saturated heterocycles. The maximum atomic E-state index is 12.3. The molecule has 0 saturated carbocycles. The minimum Gasteiger partial charge on any atom is -0.364 e. The lowest BCUT2D eigenvalue weighted by Gasteiger charge is -2.06. The van der Waals surface area contributed by atoms with Crippen LogP contribution < -0.4 is 10.5 Å². The number of amides is 1. The molecule has 2 heterocycles. The molecule has 0 atom stereocenters. The molecule has 26 heavy (non-hydrogen) atoms. The molecule has 1 aromatic carbocycles. The van der Waals surface area contributed by atoms with Gasteiger partial charge in [0, 0.05) is 32.2 Å². The fourth-order valence-corrected chi connectivity index (χ4v) is 3.68. The molecule has 0 fully saturated rings. The van der Waals surface area contributed by atoms with E-state index in [-0.39, 0.29) is 17.1 Å². The third-order valence-corrected chi connectivity index (χ3v) is 5.38. The van der Waals surface area contributed by atoms with Crippen LogP contribution in [0.1, 0.15) is 16.1 Å². The fraction of sp³-hybridized carbons (Fsp3) is 0.176. The van der Waals surface area contributed by atoms with E-state index >= 15 is 0 Å². The summed E-state index contributed by atoms with van der Waals surface area (Å²) in [5.41, 5.74) is 7.28. The van der Waals surface area contributed by atoms with Gasteiger partial charge in [-0.25, -0.2) is 17.8 Å². The third kappa shape index (κ3) is 3.84. The van der Waals surface area contributed by atoms with Gasteiger partial charge in [0.05, 0.1) is 5.69 Å². The average Bonchev–Trinajstić information content (AvgIpc) is 3.25. The van der Waals surface area contributed by atoms with Crippen molar-refractivity contribution in [3.8, 4) is 5.69 Å². The molecule has 3 N–H and O–H groups in total. The average molecular weight is 373 g/mol. The first kappa shape index (κ1) is 17.9. The van der Waals surface area contributed by atoms with E-state index in [4.69, 9.17) is 5.73 Å². The summed E-state index contributed by atoms with van der Waals surface area (Å²) in [6.07, 6.45) is 5.45. The number of nitrogens with two attached hydrogens (primary N) is 1. The van der Waals surface area contributed by atoms with Crippen molar-refractivity contribution >= 4 is 15.9 Å². The molecule has 9 heteroatoms. The number of aromatic nitrogens is 3. The van der Waals surface area contributed by atoms with Crippen molar-refractivity contribution in [3.63, 3.8) is 0 Å². The van der Waals surface area contributed by atoms with Gasteiger partial charge in [-0.15, -0.1) is 0 Å². The Morgan fingerprint density at radius 3 is 2.58 bits per heavy atom. The Morgan fingerprint density at radius 2 is 2.00 bits per heavy atom. The summed E-state index contributed by atoms with van der Waals surface area (Å²) < 4.78 is 30.3. The summed E-state index contributed by atoms with van der Waals surface area (Å²) in [4.78, 5) is 11.3. The van der Waals surface area contributed by atoms with E-state index in [9.17, 15) is 13.2 Å². The molecule has 2 aromatic heterocycles. The van der Waals surface area contributed by atoms with E-state index in [1.165, 1.54) is 16.8 Å². The van der Waals surface area contributed by atoms with Crippen LogP contribution in [0.15, 0.2) is 59.9 Å². The Balaban J connectivity index is 1.62. The molecule has 0 aliphatic carbocycles. The fourth-order valence-electron chi connectivity index (χ4n) is 2.58. The van der Waals surface area contributed by atoms with E-state index in [0.717, 1.165) is 11.3 Å². The largest absolute Gasteiger partial charge is 0.364 e. The molecule has 1 amide bonds. The van der Waals surface area contributed by atoms with Gasteiger partial charge in [0.2, 0.25) is 10.0 Å². The summed E-state index contributed by atoms with van der Waals surface area (Å²) in [7, 11) is -2.13. The first-order valence-corrected chi connectivity index (χ1v) is 9.40. The van der Waals surface area contributed by atoms with Crippen molar-refractivity contribution in [2.75, 3.05) is 6.54 Å². The predicted molar refractivity (Wildman–Crippen MR) is 96.4 cm³/mol. The Morgan fingerprint density at radius 1 is 1.27 bits per heavy atom. The van der Waals surface area contributed by atoms with Gasteiger partial charge in [0.15, 0.2) is 0 Å². The summed E-state index contributed by atoms with van der Waals surface area (Å²) in [5.74, 6) is -0.675. The van der Waals surface area contributed by atoms with Gasteiger partial charge in [-0.05, 0) is 36.2 Å². The molecule has 0 aliphatic rings. The molecule has 3 rings (SSSR count). The topological polar surface area (TPSA) is 112 Å². The smallest absolute Gasteiger partial charge is 0.265 e. The number of sulfonamides is 1. The number of primary amides is 1. The molecule has 0 bridgehead atoms. The zero-order valence-corrected chi connectivity index (χ0v) is 15.0. The Hall–Kier alpha value is -2.91. The number of nitrogens with zero attached hydrogens (tertiary/aromatic N) is 3. The van der Waals surface area contributed by atoms with Gasteiger partial charge in [-0.1, -0.05) is 12.1 Å². The highest BCUT2D eigenvalue weighted by Crippen LogP contribution is 2.13. The maximum absolute atomic E-state index is 12.3. The van der Waals surface area contributed by atoms with Gasteiger partial charge < -0.3 is 10.3 Å². The molecule has 136 valence electrons. The van der Waals surface area contributed by atoms with Crippen LogP contribution in [0.2, 0.25) is 0 Å². The van der Waals surface area contributed by atoms with Gasteiger partial charge >= 0.3 is 0 Å². The number of rotatable bonds is 7. The molecular formula is C17H19N5O3S. The minimum absolute atomic E-state index is 0.0165. The second-order valence-electron chi connectivity index (χ2n) is 5.80. The highest BCUT2D eigenvalue weighted by atomic mass is 32.2. The summed E-state index contributed by atoms with van der Waals surface area (Å²) >= 11 is 0. The normalized spacial score (nSPS) is 11.6. The number of carbonyl (C=O) groups is 1. The highest BCUT2D eigenvalue weighted by Gasteiger charge is 2.19. The number of carbonyl (C=O) groups excluding carboxylic acids is 1. The van der Waals surface area contributed by atoms with Crippen LogP contribution in [0.25, 0.3) is 5.69 Å². The first-order chi connectivity index (χ1) is 12.4. The quantitative estimate of drug-likeness (QED) is 0.639. The lowest BCUT2D eigenvalue weighted by molar-refractivity contribution is 0.0992. The van der Waals surface area contributed by atoms with E-state index in [1.54, 1.807) is 17.9 Å². The van der Waals surface area contributed by atoms with Gasteiger partial charge in [0.25, 0.3) is 5.91 Å². The number of nitrogens with one attached hydrogen (secondary N) is 1. The number of hydrogen-bond acceptors (Lipinski definition) is 4. The highest BCUT2D eigenvalue weighted by molar-refractivity contribution is 7.89. The number of benzene rings is 1. The van der Waals surface area contributed by atoms with Crippen molar-refractivity contribution in [1.82, 2.24) is 19.1 Å². The van der Waals surface area contributed by atoms with Crippen LogP contribution in [-0.2, 0) is 23.5 Å². The number of aryl methyl sites for hydroxylation is 1. The lowest BCUT2D eigenvalue weighted by Crippen LogP contribution is -2.25. The molecule has 0 spiro atoms. The lowest BCUT2D eigenvalue weighted by atomic mass is 10.1. The first-order valence-electron chi connectivity index (χ1n) is 7.91. The van der Waals surface area contributed by atoms with Crippen molar-refractivity contribution in [1.29, 1.82) is 0 Å². The van der Waals surface area contributed by atoms with Crippen LogP contribution in [0.4, 0.5) is 0 Å². The summed E-state index contributed by atoms with van der Waals surface area (Å²) in [5, 5.41) is 4.16. The van der Waals surface area contributed by atoms with Crippen LogP contribution in [0.3, 0.4) is 0 Å². The van der Waals surface area contributed by atoms with Crippen molar-refractivity contribution < 1.29 is 13.2 Å². The molecular weight excluding hydrogens is 354 g/mol. The van der Waals surface area contributed by atoms with E-state index < -0.39 is 15.9 Å². The summed E-state index contributed by atoms with van der Waals surface area (Å²) in [6, 6.07) is 10.8. The standard InChI is InChI=1S/C17H19N5O3S/c1-21-12-15(11-16(21)17(18)23)26(24,25)20-9-7-13-3-5-14(6-4-13)22-10-2-8-19-22/h2-6,8,10-12,20H,7,9H2,1H3,(H2,18,23). The predicted octanol–water partition coefficient (Wildman–Crippen LogP) is 0.831. The molecule has 0 aliphatic heterocycles. The summed E-state index contributed by atoms with van der Waals surface area (Å²) in [6.45, 7) is 0.240. The van der Waals surface area contributed by atoms with E-state index in [2.05, 4.69) is 9.82 Å². The van der Waals surface area contributed by atoms with Gasteiger partial charge in [-0.2, -0.15) is 5.10 Å². The van der Waals surface area contributed by atoms with Crippen molar-refractivity contribution in [2.24, 2.45) is 12.8 Å². The molecule has 3 aromatic rings. The van der Waals surface area contributed by atoms with Crippen LogP contribution in [0, 0.1) is 0 Å². The Kier molecular flexibility index (Phi) is 4.92. The van der Waals surface area contributed by atoms with E-state index in [0.29, 0.717) is 6.42 Å². The molecule has 8 nitrogen and oxygen atoms in total. The van der Waals surface area contributed by atoms with Crippen molar-refractivity contribution in [2.45, 2.75) is 11.3 Å². The van der Waals surface area contributed by atoms with Crippen LogP contribution in [-0.4, -0.2) is 35.2 Å². The second kappa shape index (κ2) is 7.14. The van der Waals surface area contributed by atoms with Gasteiger partial charge in [0.1, 0.15) is 10.6 Å². The zero-order valence-electron chi connectivity index (χ0n) is 14.2. The SMILES string of the molecule is Cn1cc(S(=O)(=O)NCCc2ccc(-n3cccn3)cc2)cc1C(N)=O. The Labute approximate surface area is 151 Å². The van der Waals surface area contributed by atoms with Crippen LogP contribution in [0.5, 0.6) is 0 Å². The molecule has 0 unspecified atom stereocenters. The second-order valence-corrected chi connectivity index (χ2v) is 7.57. The third-order valence-electron chi connectivity index (χ3n) is 3.95. The van der Waals surface area contributed by atoms with E-state index in [1.807, 2.05) is 36.5 Å².